The van der Waals surface area contributed by atoms with E-state index in [4.69, 9.17) is 5.73 Å². The summed E-state index contributed by atoms with van der Waals surface area (Å²) >= 11 is 0. The van der Waals surface area contributed by atoms with Gasteiger partial charge in [-0.25, -0.2) is 8.42 Å². The van der Waals surface area contributed by atoms with Crippen molar-refractivity contribution in [1.29, 1.82) is 0 Å². The second-order valence-electron chi connectivity index (χ2n) is 5.56. The van der Waals surface area contributed by atoms with Crippen LogP contribution in [0.3, 0.4) is 0 Å². The number of rotatable bonds is 3. The summed E-state index contributed by atoms with van der Waals surface area (Å²) in [6, 6.07) is 14.0. The molecule has 3 rings (SSSR count). The first-order valence-electron chi connectivity index (χ1n) is 7.44. The van der Waals surface area contributed by atoms with Crippen molar-refractivity contribution in [2.45, 2.75) is 35.0 Å². The van der Waals surface area contributed by atoms with E-state index in [0.717, 1.165) is 24.8 Å². The Morgan fingerprint density at radius 3 is 2.55 bits per heavy atom. The summed E-state index contributed by atoms with van der Waals surface area (Å²) < 4.78 is 25.4. The van der Waals surface area contributed by atoms with Crippen molar-refractivity contribution < 1.29 is 8.42 Å². The van der Waals surface area contributed by atoms with Crippen molar-refractivity contribution in [2.24, 2.45) is 5.73 Å². The molecule has 1 aliphatic carbocycles. The molecule has 2 N–H and O–H groups in total. The average molecular weight is 313 g/mol. The maximum absolute atomic E-state index is 12.7. The van der Waals surface area contributed by atoms with Crippen molar-refractivity contribution in [3.05, 3.63) is 71.9 Å². The van der Waals surface area contributed by atoms with Crippen LogP contribution in [-0.4, -0.2) is 8.42 Å². The van der Waals surface area contributed by atoms with E-state index in [1.54, 1.807) is 36.5 Å². The minimum Gasteiger partial charge on any atom is -0.405 e. The van der Waals surface area contributed by atoms with Gasteiger partial charge in [-0.1, -0.05) is 30.3 Å². The predicted molar refractivity (Wildman–Crippen MR) is 87.3 cm³/mol. The lowest BCUT2D eigenvalue weighted by molar-refractivity contribution is 0.594. The highest BCUT2D eigenvalue weighted by molar-refractivity contribution is 7.91. The molecule has 0 spiro atoms. The van der Waals surface area contributed by atoms with Gasteiger partial charge in [-0.2, -0.15) is 0 Å². The highest BCUT2D eigenvalue weighted by atomic mass is 32.2. The number of hydrogen-bond acceptors (Lipinski definition) is 3. The van der Waals surface area contributed by atoms with Crippen LogP contribution in [0, 0.1) is 0 Å². The molecule has 2 aromatic rings. The molecule has 0 radical (unpaired) electrons. The van der Waals surface area contributed by atoms with E-state index >= 15 is 0 Å². The Kier molecular flexibility index (Phi) is 4.03. The fraction of sp³-hybridized carbons (Fsp3) is 0.222. The smallest absolute Gasteiger partial charge is 0.206 e. The second-order valence-corrected chi connectivity index (χ2v) is 7.51. The Bertz CT molecular complexity index is 795. The lowest BCUT2D eigenvalue weighted by Gasteiger charge is -2.23. The van der Waals surface area contributed by atoms with Crippen LogP contribution in [0.1, 0.15) is 29.9 Å². The molecule has 0 unspecified atom stereocenters. The molecule has 2 aromatic carbocycles. The number of nitrogens with two attached hydrogens (primary N) is 1. The van der Waals surface area contributed by atoms with Gasteiger partial charge in [0.1, 0.15) is 0 Å². The van der Waals surface area contributed by atoms with Crippen LogP contribution >= 0.6 is 0 Å². The predicted octanol–water partition coefficient (Wildman–Crippen LogP) is 3.41. The fourth-order valence-electron chi connectivity index (χ4n) is 3.07. The normalized spacial score (nSPS) is 18.3. The molecule has 0 fully saturated rings. The first kappa shape index (κ1) is 14.9. The van der Waals surface area contributed by atoms with Crippen LogP contribution in [0.5, 0.6) is 0 Å². The molecule has 1 aliphatic rings. The molecule has 0 saturated heterocycles. The Hall–Kier alpha value is -2.07. The summed E-state index contributed by atoms with van der Waals surface area (Å²) in [4.78, 5) is 0.707. The SMILES string of the molecule is N/C=C\[C@H]1CCCc2cc(S(=O)(=O)c3ccccc3)ccc21. The molecule has 0 saturated carbocycles. The number of fused-ring (bicyclic) bond motifs is 1. The Morgan fingerprint density at radius 1 is 1.05 bits per heavy atom. The lowest BCUT2D eigenvalue weighted by atomic mass is 9.83. The van der Waals surface area contributed by atoms with E-state index in [9.17, 15) is 8.42 Å². The van der Waals surface area contributed by atoms with Gasteiger partial charge in [0.25, 0.3) is 0 Å². The first-order chi connectivity index (χ1) is 10.6. The molecule has 114 valence electrons. The zero-order chi connectivity index (χ0) is 15.6. The third-order valence-electron chi connectivity index (χ3n) is 4.18. The monoisotopic (exact) mass is 313 g/mol. The molecular formula is C18H19NO2S. The zero-order valence-electron chi connectivity index (χ0n) is 12.3. The Morgan fingerprint density at radius 2 is 1.82 bits per heavy atom. The topological polar surface area (TPSA) is 60.2 Å². The van der Waals surface area contributed by atoms with Crippen LogP contribution < -0.4 is 5.73 Å². The lowest BCUT2D eigenvalue weighted by Crippen LogP contribution is -2.10. The summed E-state index contributed by atoms with van der Waals surface area (Å²) in [5.41, 5.74) is 7.83. The van der Waals surface area contributed by atoms with Crippen LogP contribution in [0.25, 0.3) is 0 Å². The molecule has 0 heterocycles. The zero-order valence-corrected chi connectivity index (χ0v) is 13.1. The maximum Gasteiger partial charge on any atom is 0.206 e. The van der Waals surface area contributed by atoms with E-state index in [2.05, 4.69) is 0 Å². The quantitative estimate of drug-likeness (QED) is 0.944. The van der Waals surface area contributed by atoms with Gasteiger partial charge < -0.3 is 5.73 Å². The van der Waals surface area contributed by atoms with Gasteiger partial charge in [0, 0.05) is 5.92 Å². The molecule has 0 aliphatic heterocycles. The number of benzene rings is 2. The first-order valence-corrected chi connectivity index (χ1v) is 8.92. The van der Waals surface area contributed by atoms with E-state index in [1.165, 1.54) is 5.56 Å². The van der Waals surface area contributed by atoms with Crippen molar-refractivity contribution >= 4 is 9.84 Å². The van der Waals surface area contributed by atoms with Crippen molar-refractivity contribution in [1.82, 2.24) is 0 Å². The van der Waals surface area contributed by atoms with E-state index in [0.29, 0.717) is 15.7 Å². The van der Waals surface area contributed by atoms with Crippen LogP contribution in [0.15, 0.2) is 70.6 Å². The average Bonchev–Trinajstić information content (AvgIpc) is 2.56. The highest BCUT2D eigenvalue weighted by Gasteiger charge is 2.22. The van der Waals surface area contributed by atoms with Gasteiger partial charge in [-0.05, 0) is 60.9 Å². The summed E-state index contributed by atoms with van der Waals surface area (Å²) in [7, 11) is -3.44. The van der Waals surface area contributed by atoms with Crippen LogP contribution in [0.4, 0.5) is 0 Å². The fourth-order valence-corrected chi connectivity index (χ4v) is 4.40. The highest BCUT2D eigenvalue weighted by Crippen LogP contribution is 2.34. The molecule has 0 amide bonds. The van der Waals surface area contributed by atoms with E-state index < -0.39 is 9.84 Å². The van der Waals surface area contributed by atoms with Gasteiger partial charge in [-0.3, -0.25) is 0 Å². The number of allylic oxidation sites excluding steroid dienone is 1. The third-order valence-corrected chi connectivity index (χ3v) is 5.95. The number of hydrogen-bond donors (Lipinski definition) is 1. The summed E-state index contributed by atoms with van der Waals surface area (Å²) in [6.07, 6.45) is 6.60. The van der Waals surface area contributed by atoms with E-state index in [-0.39, 0.29) is 0 Å². The Labute approximate surface area is 131 Å². The minimum atomic E-state index is -3.44. The van der Waals surface area contributed by atoms with Gasteiger partial charge >= 0.3 is 0 Å². The molecule has 4 heteroatoms. The molecular weight excluding hydrogens is 294 g/mol. The van der Waals surface area contributed by atoms with Gasteiger partial charge in [-0.15, -0.1) is 0 Å². The van der Waals surface area contributed by atoms with E-state index in [1.807, 2.05) is 24.3 Å². The minimum absolute atomic E-state index is 0.294. The molecule has 3 nitrogen and oxygen atoms in total. The standard InChI is InChI=1S/C18H19NO2S/c19-12-11-14-5-4-6-15-13-17(9-10-18(14)15)22(20,21)16-7-2-1-3-8-16/h1-3,7-14H,4-6,19H2/b12-11-/t14-/m1/s1. The van der Waals surface area contributed by atoms with Crippen molar-refractivity contribution in [3.8, 4) is 0 Å². The molecule has 0 bridgehead atoms. The summed E-state index contributed by atoms with van der Waals surface area (Å²) in [5.74, 6) is 0.294. The summed E-state index contributed by atoms with van der Waals surface area (Å²) in [6.45, 7) is 0. The Balaban J connectivity index is 2.04. The molecule has 22 heavy (non-hydrogen) atoms. The van der Waals surface area contributed by atoms with Crippen molar-refractivity contribution in [3.63, 3.8) is 0 Å². The maximum atomic E-state index is 12.7. The van der Waals surface area contributed by atoms with Gasteiger partial charge in [0.15, 0.2) is 0 Å². The summed E-state index contributed by atoms with van der Waals surface area (Å²) in [5, 5.41) is 0. The van der Waals surface area contributed by atoms with Crippen LogP contribution in [-0.2, 0) is 16.3 Å². The largest absolute Gasteiger partial charge is 0.405 e. The van der Waals surface area contributed by atoms with Crippen molar-refractivity contribution in [2.75, 3.05) is 0 Å². The van der Waals surface area contributed by atoms with Crippen LogP contribution in [0.2, 0.25) is 0 Å². The second kappa shape index (κ2) is 5.97. The number of aryl methyl sites for hydroxylation is 1. The van der Waals surface area contributed by atoms with Gasteiger partial charge in [0.05, 0.1) is 9.79 Å². The molecule has 1 atom stereocenters. The molecule has 0 aromatic heterocycles. The number of sulfone groups is 1. The van der Waals surface area contributed by atoms with Gasteiger partial charge in [0.2, 0.25) is 9.84 Å². The third kappa shape index (κ3) is 2.66.